The number of nitrogens with two attached hydrogens (primary N) is 1. The van der Waals surface area contributed by atoms with Gasteiger partial charge in [-0.15, -0.1) is 0 Å². The van der Waals surface area contributed by atoms with E-state index in [1.165, 1.54) is 0 Å². The number of benzene rings is 2. The molecule has 1 aliphatic rings. The van der Waals surface area contributed by atoms with Crippen LogP contribution in [-0.2, 0) is 27.2 Å². The Kier molecular flexibility index (Phi) is 12.2. The zero-order chi connectivity index (χ0) is 29.1. The molecule has 0 spiro atoms. The fraction of sp³-hybridized carbons (Fsp3) is 0.531. The number of nitrogens with one attached hydrogen (secondary N) is 2. The van der Waals surface area contributed by atoms with Gasteiger partial charge in [0, 0.05) is 25.7 Å². The van der Waals surface area contributed by atoms with Crippen molar-refractivity contribution in [2.75, 3.05) is 26.7 Å². The minimum atomic E-state index is -0.668. The molecule has 5 atom stereocenters. The number of nitrogens with zero attached hydrogens (tertiary/aromatic N) is 2. The van der Waals surface area contributed by atoms with Crippen LogP contribution in [0.5, 0.6) is 0 Å². The standard InChI is InChI=1S/C32H47N5O3/c1-5-23(2)29(35-30(38)24(3)34-4)32(40)37-19-12-17-27(37)22-36(20-18-25-13-8-6-9-14-25)31(39)28(33)21-26-15-10-7-11-16-26/h6-11,13-16,23-24,27-29,34H,5,12,17-22,33H2,1-4H3,(H,35,38)/t23?,24-,27-,28+,29-/m0/s1. The van der Waals surface area contributed by atoms with Crippen LogP contribution in [0.3, 0.4) is 0 Å². The van der Waals surface area contributed by atoms with Crippen LogP contribution < -0.4 is 16.4 Å². The number of rotatable bonds is 14. The second-order valence-corrected chi connectivity index (χ2v) is 11.0. The molecule has 1 aliphatic heterocycles. The highest BCUT2D eigenvalue weighted by molar-refractivity contribution is 5.90. The summed E-state index contributed by atoms with van der Waals surface area (Å²) in [6.07, 6.45) is 3.60. The summed E-state index contributed by atoms with van der Waals surface area (Å²) in [5, 5.41) is 5.94. The molecule has 8 nitrogen and oxygen atoms in total. The molecular formula is C32H47N5O3. The molecule has 0 aliphatic carbocycles. The minimum Gasteiger partial charge on any atom is -0.343 e. The van der Waals surface area contributed by atoms with Gasteiger partial charge in [-0.25, -0.2) is 0 Å². The van der Waals surface area contributed by atoms with Crippen LogP contribution in [-0.4, -0.2) is 78.4 Å². The molecule has 0 radical (unpaired) electrons. The molecule has 1 saturated heterocycles. The van der Waals surface area contributed by atoms with Crippen LogP contribution in [0.15, 0.2) is 60.7 Å². The average molecular weight is 550 g/mol. The van der Waals surface area contributed by atoms with Crippen molar-refractivity contribution in [3.8, 4) is 0 Å². The molecule has 8 heteroatoms. The van der Waals surface area contributed by atoms with Gasteiger partial charge in [0.25, 0.3) is 0 Å². The van der Waals surface area contributed by atoms with Crippen molar-refractivity contribution in [1.82, 2.24) is 20.4 Å². The molecule has 2 aromatic rings. The fourth-order valence-electron chi connectivity index (χ4n) is 5.23. The van der Waals surface area contributed by atoms with Crippen LogP contribution >= 0.6 is 0 Å². The topological polar surface area (TPSA) is 108 Å². The van der Waals surface area contributed by atoms with Gasteiger partial charge in [-0.1, -0.05) is 80.9 Å². The van der Waals surface area contributed by atoms with E-state index in [-0.39, 0.29) is 29.7 Å². The predicted octanol–water partition coefficient (Wildman–Crippen LogP) is 2.76. The van der Waals surface area contributed by atoms with E-state index >= 15 is 0 Å². The molecule has 0 aromatic heterocycles. The summed E-state index contributed by atoms with van der Waals surface area (Å²) in [5.74, 6) is -0.383. The minimum absolute atomic E-state index is 0.0168. The van der Waals surface area contributed by atoms with Gasteiger partial charge in [-0.3, -0.25) is 14.4 Å². The Hall–Kier alpha value is -3.23. The van der Waals surface area contributed by atoms with E-state index < -0.39 is 18.1 Å². The molecule has 0 saturated carbocycles. The molecule has 0 bridgehead atoms. The lowest BCUT2D eigenvalue weighted by Gasteiger charge is -2.35. The maximum Gasteiger partial charge on any atom is 0.245 e. The molecule has 3 amide bonds. The largest absolute Gasteiger partial charge is 0.343 e. The van der Waals surface area contributed by atoms with Crippen molar-refractivity contribution < 1.29 is 14.4 Å². The van der Waals surface area contributed by atoms with Crippen molar-refractivity contribution in [3.05, 3.63) is 71.8 Å². The monoisotopic (exact) mass is 549 g/mol. The number of amides is 3. The molecule has 40 heavy (non-hydrogen) atoms. The first-order valence-corrected chi connectivity index (χ1v) is 14.6. The second kappa shape index (κ2) is 15.5. The van der Waals surface area contributed by atoms with Gasteiger partial charge in [0.05, 0.1) is 12.1 Å². The maximum atomic E-state index is 13.9. The van der Waals surface area contributed by atoms with Gasteiger partial charge in [-0.2, -0.15) is 0 Å². The van der Waals surface area contributed by atoms with E-state index in [2.05, 4.69) is 22.8 Å². The van der Waals surface area contributed by atoms with Crippen molar-refractivity contribution >= 4 is 17.7 Å². The molecular weight excluding hydrogens is 502 g/mol. The van der Waals surface area contributed by atoms with Gasteiger partial charge in [0.2, 0.25) is 17.7 Å². The van der Waals surface area contributed by atoms with E-state index in [1.54, 1.807) is 14.0 Å². The molecule has 1 heterocycles. The Morgan fingerprint density at radius 3 is 2.25 bits per heavy atom. The third-order valence-corrected chi connectivity index (χ3v) is 8.13. The van der Waals surface area contributed by atoms with E-state index in [0.29, 0.717) is 32.5 Å². The molecule has 3 rings (SSSR count). The molecule has 218 valence electrons. The van der Waals surface area contributed by atoms with E-state index in [9.17, 15) is 14.4 Å². The van der Waals surface area contributed by atoms with E-state index in [4.69, 9.17) is 5.73 Å². The van der Waals surface area contributed by atoms with Gasteiger partial charge in [-0.05, 0) is 56.7 Å². The number of likely N-dealkylation sites (tertiary alicyclic amines) is 1. The summed E-state index contributed by atoms with van der Waals surface area (Å²) >= 11 is 0. The Bertz CT molecular complexity index is 1080. The van der Waals surface area contributed by atoms with Gasteiger partial charge >= 0.3 is 0 Å². The predicted molar refractivity (Wildman–Crippen MR) is 159 cm³/mol. The first-order chi connectivity index (χ1) is 19.2. The molecule has 4 N–H and O–H groups in total. The summed E-state index contributed by atoms with van der Waals surface area (Å²) in [7, 11) is 1.73. The second-order valence-electron chi connectivity index (χ2n) is 11.0. The fourth-order valence-corrected chi connectivity index (χ4v) is 5.23. The summed E-state index contributed by atoms with van der Waals surface area (Å²) in [6.45, 7) is 7.36. The maximum absolute atomic E-state index is 13.9. The highest BCUT2D eigenvalue weighted by Crippen LogP contribution is 2.23. The summed E-state index contributed by atoms with van der Waals surface area (Å²) in [4.78, 5) is 44.0. The normalized spacial score (nSPS) is 18.0. The van der Waals surface area contributed by atoms with Crippen molar-refractivity contribution in [2.24, 2.45) is 11.7 Å². The first kappa shape index (κ1) is 31.3. The zero-order valence-corrected chi connectivity index (χ0v) is 24.5. The summed E-state index contributed by atoms with van der Waals surface area (Å²) < 4.78 is 0. The van der Waals surface area contributed by atoms with Gasteiger partial charge in [0.15, 0.2) is 0 Å². The Morgan fingerprint density at radius 2 is 1.65 bits per heavy atom. The Balaban J connectivity index is 1.77. The van der Waals surface area contributed by atoms with Crippen molar-refractivity contribution in [3.63, 3.8) is 0 Å². The highest BCUT2D eigenvalue weighted by Gasteiger charge is 2.38. The number of hydrogen-bond acceptors (Lipinski definition) is 5. The zero-order valence-electron chi connectivity index (χ0n) is 24.5. The smallest absolute Gasteiger partial charge is 0.245 e. The van der Waals surface area contributed by atoms with Crippen molar-refractivity contribution in [2.45, 2.75) is 77.0 Å². The van der Waals surface area contributed by atoms with Gasteiger partial charge < -0.3 is 26.2 Å². The quantitative estimate of drug-likeness (QED) is 0.336. The van der Waals surface area contributed by atoms with E-state index in [1.807, 2.05) is 72.2 Å². The lowest BCUT2D eigenvalue weighted by atomic mass is 9.97. The molecule has 1 fully saturated rings. The van der Waals surface area contributed by atoms with Crippen LogP contribution in [0.2, 0.25) is 0 Å². The van der Waals surface area contributed by atoms with Crippen molar-refractivity contribution in [1.29, 1.82) is 0 Å². The summed E-state index contributed by atoms with van der Waals surface area (Å²) in [6, 6.07) is 18.1. The number of carbonyl (C=O) groups is 3. The molecule has 2 aromatic carbocycles. The number of hydrogen-bond donors (Lipinski definition) is 3. The van der Waals surface area contributed by atoms with Crippen LogP contribution in [0.25, 0.3) is 0 Å². The first-order valence-electron chi connectivity index (χ1n) is 14.6. The third-order valence-electron chi connectivity index (χ3n) is 8.13. The number of likely N-dealkylation sites (N-methyl/N-ethyl adjacent to an activating group) is 1. The Morgan fingerprint density at radius 1 is 1.02 bits per heavy atom. The van der Waals surface area contributed by atoms with Crippen LogP contribution in [0.1, 0.15) is 51.2 Å². The molecule has 1 unspecified atom stereocenters. The van der Waals surface area contributed by atoms with Crippen LogP contribution in [0.4, 0.5) is 0 Å². The lowest BCUT2D eigenvalue weighted by molar-refractivity contribution is -0.141. The average Bonchev–Trinajstić information content (AvgIpc) is 3.45. The third kappa shape index (κ3) is 8.63. The van der Waals surface area contributed by atoms with Gasteiger partial charge in [0.1, 0.15) is 6.04 Å². The summed E-state index contributed by atoms with van der Waals surface area (Å²) in [5.41, 5.74) is 8.63. The number of carbonyl (C=O) groups excluding carboxylic acids is 3. The highest BCUT2D eigenvalue weighted by atomic mass is 16.2. The SMILES string of the molecule is CCC(C)[C@H](NC(=O)[C@H](C)NC)C(=O)N1CCC[C@H]1CN(CCc1ccccc1)C(=O)[C@H](N)Cc1ccccc1. The van der Waals surface area contributed by atoms with E-state index in [0.717, 1.165) is 30.4 Å². The van der Waals surface area contributed by atoms with Crippen LogP contribution in [0, 0.1) is 5.92 Å². The Labute approximate surface area is 239 Å². The lowest BCUT2D eigenvalue weighted by Crippen LogP contribution is -2.57.